The molecule has 0 atom stereocenters. The summed E-state index contributed by atoms with van der Waals surface area (Å²) in [6.45, 7) is 1.91. The van der Waals surface area contributed by atoms with E-state index in [2.05, 4.69) is 35.5 Å². The molecule has 0 saturated heterocycles. The zero-order chi connectivity index (χ0) is 13.8. The molecule has 3 rings (SSSR count). The van der Waals surface area contributed by atoms with Gasteiger partial charge in [-0.25, -0.2) is 0 Å². The van der Waals surface area contributed by atoms with Crippen LogP contribution in [0.15, 0.2) is 18.2 Å². The SMILES string of the molecule is CN(Cc1cccc(CNC2CC2)n1)C1CCCCC1. The highest BCUT2D eigenvalue weighted by Crippen LogP contribution is 2.22. The summed E-state index contributed by atoms with van der Waals surface area (Å²) < 4.78 is 0. The van der Waals surface area contributed by atoms with Crippen LogP contribution in [0.4, 0.5) is 0 Å². The van der Waals surface area contributed by atoms with Crippen LogP contribution in [0.3, 0.4) is 0 Å². The Morgan fingerprint density at radius 2 is 1.85 bits per heavy atom. The van der Waals surface area contributed by atoms with Crippen molar-refractivity contribution < 1.29 is 0 Å². The zero-order valence-corrected chi connectivity index (χ0v) is 12.6. The van der Waals surface area contributed by atoms with Gasteiger partial charge >= 0.3 is 0 Å². The second-order valence-corrected chi connectivity index (χ2v) is 6.48. The summed E-state index contributed by atoms with van der Waals surface area (Å²) in [7, 11) is 2.26. The summed E-state index contributed by atoms with van der Waals surface area (Å²) >= 11 is 0. The van der Waals surface area contributed by atoms with Crippen molar-refractivity contribution in [2.24, 2.45) is 0 Å². The Morgan fingerprint density at radius 3 is 2.60 bits per heavy atom. The molecule has 3 nitrogen and oxygen atoms in total. The minimum Gasteiger partial charge on any atom is -0.308 e. The van der Waals surface area contributed by atoms with Crippen LogP contribution in [0, 0.1) is 0 Å². The maximum atomic E-state index is 4.80. The van der Waals surface area contributed by atoms with Crippen molar-refractivity contribution in [3.8, 4) is 0 Å². The van der Waals surface area contributed by atoms with Crippen LogP contribution in [0.2, 0.25) is 0 Å². The third kappa shape index (κ3) is 4.03. The molecule has 0 spiro atoms. The summed E-state index contributed by atoms with van der Waals surface area (Å²) in [5.41, 5.74) is 2.40. The average Bonchev–Trinajstić information content (AvgIpc) is 3.31. The Hall–Kier alpha value is -0.930. The highest BCUT2D eigenvalue weighted by molar-refractivity contribution is 5.11. The van der Waals surface area contributed by atoms with Crippen LogP contribution in [0.1, 0.15) is 56.3 Å². The van der Waals surface area contributed by atoms with E-state index in [9.17, 15) is 0 Å². The van der Waals surface area contributed by atoms with E-state index in [0.29, 0.717) is 0 Å². The van der Waals surface area contributed by atoms with E-state index in [1.54, 1.807) is 0 Å². The molecule has 20 heavy (non-hydrogen) atoms. The van der Waals surface area contributed by atoms with Gasteiger partial charge in [0.2, 0.25) is 0 Å². The Balaban J connectivity index is 1.53. The second-order valence-electron chi connectivity index (χ2n) is 6.48. The smallest absolute Gasteiger partial charge is 0.0547 e. The molecule has 1 heterocycles. The Kier molecular flexibility index (Phi) is 4.69. The molecule has 0 radical (unpaired) electrons. The number of aromatic nitrogens is 1. The third-order valence-corrected chi connectivity index (χ3v) is 4.62. The van der Waals surface area contributed by atoms with E-state index in [1.807, 2.05) is 0 Å². The van der Waals surface area contributed by atoms with Gasteiger partial charge in [-0.3, -0.25) is 9.88 Å². The lowest BCUT2D eigenvalue weighted by atomic mass is 9.94. The first-order valence-corrected chi connectivity index (χ1v) is 8.20. The van der Waals surface area contributed by atoms with Crippen molar-refractivity contribution in [1.29, 1.82) is 0 Å². The quantitative estimate of drug-likeness (QED) is 0.863. The summed E-state index contributed by atoms with van der Waals surface area (Å²) in [5.74, 6) is 0. The highest BCUT2D eigenvalue weighted by atomic mass is 15.1. The summed E-state index contributed by atoms with van der Waals surface area (Å²) in [6, 6.07) is 7.98. The largest absolute Gasteiger partial charge is 0.308 e. The lowest BCUT2D eigenvalue weighted by Gasteiger charge is -2.30. The van der Waals surface area contributed by atoms with Crippen molar-refractivity contribution >= 4 is 0 Å². The van der Waals surface area contributed by atoms with Crippen molar-refractivity contribution in [2.45, 2.75) is 70.1 Å². The Labute approximate surface area is 122 Å². The molecule has 110 valence electrons. The number of pyridine rings is 1. The molecule has 2 aliphatic rings. The van der Waals surface area contributed by atoms with E-state index < -0.39 is 0 Å². The minimum absolute atomic E-state index is 0.755. The first-order valence-electron chi connectivity index (χ1n) is 8.20. The fraction of sp³-hybridized carbons (Fsp3) is 0.706. The lowest BCUT2D eigenvalue weighted by molar-refractivity contribution is 0.182. The van der Waals surface area contributed by atoms with E-state index in [-0.39, 0.29) is 0 Å². The molecular formula is C17H27N3. The molecular weight excluding hydrogens is 246 g/mol. The van der Waals surface area contributed by atoms with Crippen molar-refractivity contribution in [3.05, 3.63) is 29.6 Å². The first kappa shape index (κ1) is 14.0. The van der Waals surface area contributed by atoms with Crippen LogP contribution in [0.25, 0.3) is 0 Å². The van der Waals surface area contributed by atoms with E-state index in [1.165, 1.54) is 56.3 Å². The molecule has 1 aromatic heterocycles. The summed E-state index contributed by atoms with van der Waals surface area (Å²) in [5, 5.41) is 3.54. The van der Waals surface area contributed by atoms with E-state index in [4.69, 9.17) is 4.98 Å². The maximum absolute atomic E-state index is 4.80. The van der Waals surface area contributed by atoms with Crippen LogP contribution in [-0.4, -0.2) is 29.0 Å². The van der Waals surface area contributed by atoms with Crippen LogP contribution < -0.4 is 5.32 Å². The standard InChI is InChI=1S/C17H27N3/c1-20(17-8-3-2-4-9-17)13-16-7-5-6-15(19-16)12-18-14-10-11-14/h5-7,14,17-18H,2-4,8-13H2,1H3. The van der Waals surface area contributed by atoms with E-state index >= 15 is 0 Å². The topological polar surface area (TPSA) is 28.2 Å². The van der Waals surface area contributed by atoms with Gasteiger partial charge in [-0.15, -0.1) is 0 Å². The minimum atomic E-state index is 0.755. The maximum Gasteiger partial charge on any atom is 0.0547 e. The van der Waals surface area contributed by atoms with Crippen LogP contribution in [0.5, 0.6) is 0 Å². The van der Waals surface area contributed by atoms with Gasteiger partial charge in [0.1, 0.15) is 0 Å². The molecule has 0 amide bonds. The number of rotatable bonds is 6. The number of nitrogens with zero attached hydrogens (tertiary/aromatic N) is 2. The van der Waals surface area contributed by atoms with Crippen molar-refractivity contribution in [2.75, 3.05) is 7.05 Å². The van der Waals surface area contributed by atoms with Gasteiger partial charge in [-0.1, -0.05) is 25.3 Å². The van der Waals surface area contributed by atoms with Gasteiger partial charge in [0.15, 0.2) is 0 Å². The third-order valence-electron chi connectivity index (χ3n) is 4.62. The number of hydrogen-bond donors (Lipinski definition) is 1. The Bertz CT molecular complexity index is 422. The Morgan fingerprint density at radius 1 is 1.10 bits per heavy atom. The monoisotopic (exact) mass is 273 g/mol. The van der Waals surface area contributed by atoms with Crippen LogP contribution in [-0.2, 0) is 13.1 Å². The molecule has 1 N–H and O–H groups in total. The summed E-state index contributed by atoms with van der Waals surface area (Å²) in [6.07, 6.45) is 9.61. The summed E-state index contributed by atoms with van der Waals surface area (Å²) in [4.78, 5) is 7.30. The van der Waals surface area contributed by atoms with Crippen molar-refractivity contribution in [3.63, 3.8) is 0 Å². The fourth-order valence-electron chi connectivity index (χ4n) is 3.16. The highest BCUT2D eigenvalue weighted by Gasteiger charge is 2.20. The van der Waals surface area contributed by atoms with Gasteiger partial charge in [-0.05, 0) is 44.9 Å². The lowest BCUT2D eigenvalue weighted by Crippen LogP contribution is -2.33. The van der Waals surface area contributed by atoms with Crippen molar-refractivity contribution in [1.82, 2.24) is 15.2 Å². The van der Waals surface area contributed by atoms with Gasteiger partial charge in [0.05, 0.1) is 11.4 Å². The fourth-order valence-corrected chi connectivity index (χ4v) is 3.16. The molecule has 0 bridgehead atoms. The molecule has 0 aromatic carbocycles. The van der Waals surface area contributed by atoms with Crippen LogP contribution >= 0.6 is 0 Å². The first-order chi connectivity index (χ1) is 9.81. The molecule has 1 aromatic rings. The molecule has 2 fully saturated rings. The number of hydrogen-bond acceptors (Lipinski definition) is 3. The van der Waals surface area contributed by atoms with Gasteiger partial charge in [-0.2, -0.15) is 0 Å². The molecule has 3 heteroatoms. The molecule has 2 saturated carbocycles. The molecule has 0 unspecified atom stereocenters. The zero-order valence-electron chi connectivity index (χ0n) is 12.6. The van der Waals surface area contributed by atoms with E-state index in [0.717, 1.165) is 25.2 Å². The second kappa shape index (κ2) is 6.68. The average molecular weight is 273 g/mol. The van der Waals surface area contributed by atoms with Gasteiger partial charge < -0.3 is 5.32 Å². The molecule has 2 aliphatic carbocycles. The van der Waals surface area contributed by atoms with Gasteiger partial charge in [0.25, 0.3) is 0 Å². The predicted octanol–water partition coefficient (Wildman–Crippen LogP) is 3.10. The van der Waals surface area contributed by atoms with Gasteiger partial charge in [0, 0.05) is 25.2 Å². The normalized spacial score (nSPS) is 20.5. The number of nitrogens with one attached hydrogen (secondary N) is 1. The predicted molar refractivity (Wildman–Crippen MR) is 82.4 cm³/mol. The molecule has 0 aliphatic heterocycles.